The molecule has 110 valence electrons. The summed E-state index contributed by atoms with van der Waals surface area (Å²) in [6, 6.07) is 7.16. The number of hydrogen-bond donors (Lipinski definition) is 3. The quantitative estimate of drug-likeness (QED) is 0.659. The minimum atomic E-state index is -0.701. The van der Waals surface area contributed by atoms with Crippen molar-refractivity contribution in [3.8, 4) is 5.75 Å². The number of benzene rings is 1. The molecule has 5 nitrogen and oxygen atoms in total. The zero-order chi connectivity index (χ0) is 14.4. The molecule has 0 radical (unpaired) electrons. The average Bonchev–Trinajstić information content (AvgIpc) is 3.29. The summed E-state index contributed by atoms with van der Waals surface area (Å²) in [5, 5.41) is 15.8. The Bertz CT molecular complexity index is 429. The third-order valence-corrected chi connectivity index (χ3v) is 3.41. The summed E-state index contributed by atoms with van der Waals surface area (Å²) in [5.41, 5.74) is 0.761. The van der Waals surface area contributed by atoms with Crippen LogP contribution in [0.4, 0.5) is 0 Å². The van der Waals surface area contributed by atoms with E-state index in [1.165, 1.54) is 12.8 Å². The predicted molar refractivity (Wildman–Crippen MR) is 76.6 cm³/mol. The number of carbonyl (C=O) groups excluding carboxylic acids is 1. The first-order valence-corrected chi connectivity index (χ1v) is 6.98. The van der Waals surface area contributed by atoms with Crippen LogP contribution in [0.25, 0.3) is 0 Å². The van der Waals surface area contributed by atoms with Crippen molar-refractivity contribution in [2.75, 3.05) is 26.7 Å². The summed E-state index contributed by atoms with van der Waals surface area (Å²) >= 11 is 0. The number of aliphatic hydroxyl groups is 1. The minimum Gasteiger partial charge on any atom is -0.497 e. The van der Waals surface area contributed by atoms with Crippen molar-refractivity contribution >= 4 is 5.91 Å². The van der Waals surface area contributed by atoms with Gasteiger partial charge in [0.25, 0.3) is 0 Å². The van der Waals surface area contributed by atoms with Gasteiger partial charge in [0, 0.05) is 6.54 Å². The van der Waals surface area contributed by atoms with Crippen LogP contribution in [0.3, 0.4) is 0 Å². The molecular formula is C15H22N2O3. The molecule has 1 amide bonds. The van der Waals surface area contributed by atoms with Gasteiger partial charge in [-0.15, -0.1) is 0 Å². The minimum absolute atomic E-state index is 0.0850. The van der Waals surface area contributed by atoms with Crippen molar-refractivity contribution in [2.45, 2.75) is 18.9 Å². The van der Waals surface area contributed by atoms with Crippen molar-refractivity contribution in [3.63, 3.8) is 0 Å². The highest BCUT2D eigenvalue weighted by atomic mass is 16.5. The number of carbonyl (C=O) groups is 1. The summed E-state index contributed by atoms with van der Waals surface area (Å²) in [6.07, 6.45) is 1.84. The molecule has 1 aliphatic carbocycles. The fourth-order valence-electron chi connectivity index (χ4n) is 1.93. The molecule has 1 aromatic rings. The van der Waals surface area contributed by atoms with E-state index in [0.717, 1.165) is 23.8 Å². The summed E-state index contributed by atoms with van der Waals surface area (Å²) in [7, 11) is 1.60. The maximum absolute atomic E-state index is 11.6. The zero-order valence-corrected chi connectivity index (χ0v) is 11.8. The third-order valence-electron chi connectivity index (χ3n) is 3.41. The van der Waals surface area contributed by atoms with E-state index >= 15 is 0 Å². The van der Waals surface area contributed by atoms with Crippen LogP contribution in [0.1, 0.15) is 24.5 Å². The Morgan fingerprint density at radius 2 is 2.10 bits per heavy atom. The Morgan fingerprint density at radius 3 is 2.70 bits per heavy atom. The van der Waals surface area contributed by atoms with Crippen molar-refractivity contribution in [3.05, 3.63) is 29.8 Å². The van der Waals surface area contributed by atoms with E-state index in [0.29, 0.717) is 6.54 Å². The highest BCUT2D eigenvalue weighted by Crippen LogP contribution is 2.27. The molecule has 0 bridgehead atoms. The van der Waals surface area contributed by atoms with Crippen molar-refractivity contribution in [1.29, 1.82) is 0 Å². The van der Waals surface area contributed by atoms with Gasteiger partial charge in [0.15, 0.2) is 0 Å². The monoisotopic (exact) mass is 278 g/mol. The Morgan fingerprint density at radius 1 is 1.40 bits per heavy atom. The Balaban J connectivity index is 1.67. The van der Waals surface area contributed by atoms with E-state index in [-0.39, 0.29) is 12.5 Å². The summed E-state index contributed by atoms with van der Waals surface area (Å²) < 4.78 is 5.06. The van der Waals surface area contributed by atoms with Gasteiger partial charge in [-0.25, -0.2) is 0 Å². The molecule has 3 N–H and O–H groups in total. The maximum atomic E-state index is 11.6. The van der Waals surface area contributed by atoms with Crippen LogP contribution in [0.2, 0.25) is 0 Å². The third kappa shape index (κ3) is 4.83. The fraction of sp³-hybridized carbons (Fsp3) is 0.533. The molecule has 1 unspecified atom stereocenters. The molecule has 1 atom stereocenters. The van der Waals surface area contributed by atoms with Crippen molar-refractivity contribution in [1.82, 2.24) is 10.6 Å². The molecule has 5 heteroatoms. The second kappa shape index (κ2) is 7.26. The molecule has 1 aromatic carbocycles. The number of aliphatic hydroxyl groups excluding tert-OH is 1. The number of ether oxygens (including phenoxy) is 1. The predicted octanol–water partition coefficient (Wildman–Crippen LogP) is 0.844. The summed E-state index contributed by atoms with van der Waals surface area (Å²) in [5.74, 6) is 1.42. The highest BCUT2D eigenvalue weighted by Gasteiger charge is 2.20. The fourth-order valence-corrected chi connectivity index (χ4v) is 1.93. The molecule has 0 aliphatic heterocycles. The van der Waals surface area contributed by atoms with Crippen LogP contribution in [-0.2, 0) is 4.79 Å². The second-order valence-electron chi connectivity index (χ2n) is 5.17. The number of rotatable bonds is 8. The van der Waals surface area contributed by atoms with Crippen LogP contribution in [0.5, 0.6) is 5.75 Å². The van der Waals surface area contributed by atoms with E-state index in [9.17, 15) is 9.90 Å². The largest absolute Gasteiger partial charge is 0.497 e. The van der Waals surface area contributed by atoms with Crippen LogP contribution < -0.4 is 15.4 Å². The topological polar surface area (TPSA) is 70.6 Å². The molecule has 2 rings (SSSR count). The van der Waals surface area contributed by atoms with Crippen LogP contribution in [-0.4, -0.2) is 37.8 Å². The smallest absolute Gasteiger partial charge is 0.234 e. The molecule has 0 aromatic heterocycles. The van der Waals surface area contributed by atoms with Crippen molar-refractivity contribution in [2.24, 2.45) is 5.92 Å². The Labute approximate surface area is 119 Å². The lowest BCUT2D eigenvalue weighted by Gasteiger charge is -2.13. The zero-order valence-electron chi connectivity index (χ0n) is 11.8. The molecule has 1 aliphatic rings. The van der Waals surface area contributed by atoms with E-state index in [4.69, 9.17) is 4.74 Å². The van der Waals surface area contributed by atoms with Gasteiger partial charge < -0.3 is 20.5 Å². The molecule has 1 saturated carbocycles. The molecule has 0 heterocycles. The molecule has 0 saturated heterocycles. The summed E-state index contributed by atoms with van der Waals surface area (Å²) in [4.78, 5) is 11.6. The summed E-state index contributed by atoms with van der Waals surface area (Å²) in [6.45, 7) is 1.44. The van der Waals surface area contributed by atoms with Gasteiger partial charge in [-0.2, -0.15) is 0 Å². The molecule has 20 heavy (non-hydrogen) atoms. The first-order chi connectivity index (χ1) is 9.69. The SMILES string of the molecule is COc1ccc(C(O)CNC(=O)CNCC2CC2)cc1. The van der Waals surface area contributed by atoms with Gasteiger partial charge in [-0.3, -0.25) is 4.79 Å². The van der Waals surface area contributed by atoms with Crippen LogP contribution >= 0.6 is 0 Å². The standard InChI is InChI=1S/C15H22N2O3/c1-20-13-6-4-12(5-7-13)14(18)9-17-15(19)10-16-8-11-2-3-11/h4-7,11,14,16,18H,2-3,8-10H2,1H3,(H,17,19). The number of methoxy groups -OCH3 is 1. The van der Waals surface area contributed by atoms with Crippen LogP contribution in [0, 0.1) is 5.92 Å². The number of amides is 1. The lowest BCUT2D eigenvalue weighted by Crippen LogP contribution is -2.36. The van der Waals surface area contributed by atoms with E-state index < -0.39 is 6.10 Å². The first kappa shape index (κ1) is 14.8. The molecule has 1 fully saturated rings. The Kier molecular flexibility index (Phi) is 5.38. The molecule has 0 spiro atoms. The van der Waals surface area contributed by atoms with Crippen LogP contribution in [0.15, 0.2) is 24.3 Å². The lowest BCUT2D eigenvalue weighted by molar-refractivity contribution is -0.120. The normalized spacial score (nSPS) is 15.7. The van der Waals surface area contributed by atoms with Gasteiger partial charge in [-0.1, -0.05) is 12.1 Å². The van der Waals surface area contributed by atoms with Gasteiger partial charge in [0.2, 0.25) is 5.91 Å². The van der Waals surface area contributed by atoms with Gasteiger partial charge in [0.1, 0.15) is 5.75 Å². The highest BCUT2D eigenvalue weighted by molar-refractivity contribution is 5.78. The van der Waals surface area contributed by atoms with E-state index in [2.05, 4.69) is 10.6 Å². The van der Waals surface area contributed by atoms with Crippen molar-refractivity contribution < 1.29 is 14.6 Å². The number of nitrogens with one attached hydrogen (secondary N) is 2. The number of hydrogen-bond acceptors (Lipinski definition) is 4. The van der Waals surface area contributed by atoms with Gasteiger partial charge in [-0.05, 0) is 43.0 Å². The Hall–Kier alpha value is -1.59. The van der Waals surface area contributed by atoms with Gasteiger partial charge in [0.05, 0.1) is 19.8 Å². The second-order valence-corrected chi connectivity index (χ2v) is 5.17. The average molecular weight is 278 g/mol. The maximum Gasteiger partial charge on any atom is 0.234 e. The van der Waals surface area contributed by atoms with Gasteiger partial charge >= 0.3 is 0 Å². The molecular weight excluding hydrogens is 256 g/mol. The van der Waals surface area contributed by atoms with E-state index in [1.807, 2.05) is 0 Å². The first-order valence-electron chi connectivity index (χ1n) is 6.98. The lowest BCUT2D eigenvalue weighted by atomic mass is 10.1. The van der Waals surface area contributed by atoms with E-state index in [1.54, 1.807) is 31.4 Å².